The molecule has 0 saturated heterocycles. The number of aromatic nitrogens is 4. The second kappa shape index (κ2) is 6.95. The second-order valence-electron chi connectivity index (χ2n) is 4.98. The van der Waals surface area contributed by atoms with E-state index in [-0.39, 0.29) is 11.4 Å². The van der Waals surface area contributed by atoms with Crippen LogP contribution in [-0.4, -0.2) is 35.7 Å². The lowest BCUT2D eigenvalue weighted by atomic mass is 10.3. The van der Waals surface area contributed by atoms with Gasteiger partial charge in [-0.25, -0.2) is 17.5 Å². The predicted molar refractivity (Wildman–Crippen MR) is 86.1 cm³/mol. The average molecular weight is 363 g/mol. The summed E-state index contributed by atoms with van der Waals surface area (Å²) in [6.07, 6.45) is 0. The van der Waals surface area contributed by atoms with Crippen molar-refractivity contribution in [2.45, 2.75) is 11.4 Å². The maximum absolute atomic E-state index is 12.9. The summed E-state index contributed by atoms with van der Waals surface area (Å²) in [6.45, 7) is -0.126. The number of rotatable bonds is 6. The topological polar surface area (TPSA) is 99.0 Å². The lowest BCUT2D eigenvalue weighted by molar-refractivity contribution is 0.414. The lowest BCUT2D eigenvalue weighted by Crippen LogP contribution is -2.25. The Morgan fingerprint density at radius 1 is 1.12 bits per heavy atom. The summed E-state index contributed by atoms with van der Waals surface area (Å²) in [4.78, 5) is -0.0441. The third-order valence-electron chi connectivity index (χ3n) is 3.40. The molecule has 0 spiro atoms. The van der Waals surface area contributed by atoms with Gasteiger partial charge in [0.2, 0.25) is 10.0 Å². The highest BCUT2D eigenvalue weighted by atomic mass is 32.2. The van der Waals surface area contributed by atoms with Gasteiger partial charge in [-0.2, -0.15) is 4.68 Å². The molecule has 8 nitrogen and oxygen atoms in total. The van der Waals surface area contributed by atoms with E-state index in [1.165, 1.54) is 16.8 Å². The number of ether oxygens (including phenoxy) is 1. The minimum atomic E-state index is -3.81. The third kappa shape index (κ3) is 3.80. The molecular formula is C15H14FN5O3S. The highest BCUT2D eigenvalue weighted by molar-refractivity contribution is 7.89. The van der Waals surface area contributed by atoms with Gasteiger partial charge < -0.3 is 4.74 Å². The minimum absolute atomic E-state index is 0.0441. The molecule has 0 aliphatic carbocycles. The molecule has 0 saturated carbocycles. The molecule has 0 unspecified atom stereocenters. The van der Waals surface area contributed by atoms with E-state index in [0.717, 1.165) is 12.1 Å². The fourth-order valence-corrected chi connectivity index (χ4v) is 3.08. The highest BCUT2D eigenvalue weighted by Gasteiger charge is 2.16. The maximum Gasteiger partial charge on any atom is 0.240 e. The molecule has 0 radical (unpaired) electrons. The smallest absolute Gasteiger partial charge is 0.240 e. The molecule has 3 aromatic rings. The van der Waals surface area contributed by atoms with E-state index in [9.17, 15) is 12.8 Å². The van der Waals surface area contributed by atoms with Crippen LogP contribution in [0.25, 0.3) is 5.69 Å². The van der Waals surface area contributed by atoms with Crippen LogP contribution in [0.4, 0.5) is 4.39 Å². The molecule has 0 atom stereocenters. The summed E-state index contributed by atoms with van der Waals surface area (Å²) in [6, 6.07) is 11.5. The van der Waals surface area contributed by atoms with Crippen molar-refractivity contribution in [2.75, 3.05) is 7.11 Å². The van der Waals surface area contributed by atoms with Gasteiger partial charge in [0.25, 0.3) is 0 Å². The van der Waals surface area contributed by atoms with Crippen molar-refractivity contribution in [1.82, 2.24) is 24.9 Å². The van der Waals surface area contributed by atoms with E-state index in [2.05, 4.69) is 20.2 Å². The molecule has 1 heterocycles. The van der Waals surface area contributed by atoms with Crippen molar-refractivity contribution in [1.29, 1.82) is 0 Å². The number of hydrogen-bond acceptors (Lipinski definition) is 6. The summed E-state index contributed by atoms with van der Waals surface area (Å²) in [5.74, 6) is 0.466. The number of tetrazole rings is 1. The van der Waals surface area contributed by atoms with Crippen molar-refractivity contribution >= 4 is 10.0 Å². The van der Waals surface area contributed by atoms with Gasteiger partial charge >= 0.3 is 0 Å². The summed E-state index contributed by atoms with van der Waals surface area (Å²) >= 11 is 0. The second-order valence-corrected chi connectivity index (χ2v) is 6.75. The van der Waals surface area contributed by atoms with Crippen molar-refractivity contribution in [3.05, 3.63) is 60.2 Å². The van der Waals surface area contributed by atoms with Crippen LogP contribution in [0.2, 0.25) is 0 Å². The molecule has 25 heavy (non-hydrogen) atoms. The predicted octanol–water partition coefficient (Wildman–Crippen LogP) is 1.29. The zero-order valence-electron chi connectivity index (χ0n) is 13.1. The zero-order valence-corrected chi connectivity index (χ0v) is 13.9. The fraction of sp³-hybridized carbons (Fsp3) is 0.133. The van der Waals surface area contributed by atoms with Crippen LogP contribution in [0.3, 0.4) is 0 Å². The summed E-state index contributed by atoms with van der Waals surface area (Å²) in [5, 5.41) is 11.3. The van der Waals surface area contributed by atoms with E-state index in [0.29, 0.717) is 17.3 Å². The molecule has 1 N–H and O–H groups in total. The first-order chi connectivity index (χ1) is 12.0. The normalized spacial score (nSPS) is 11.4. The highest BCUT2D eigenvalue weighted by Crippen LogP contribution is 2.15. The van der Waals surface area contributed by atoms with Gasteiger partial charge in [0.1, 0.15) is 11.6 Å². The number of nitrogens with zero attached hydrogens (tertiary/aromatic N) is 4. The Balaban J connectivity index is 1.78. The van der Waals surface area contributed by atoms with Crippen molar-refractivity contribution in [3.63, 3.8) is 0 Å². The Morgan fingerprint density at radius 3 is 2.44 bits per heavy atom. The van der Waals surface area contributed by atoms with Crippen LogP contribution in [0, 0.1) is 5.82 Å². The largest absolute Gasteiger partial charge is 0.497 e. The molecule has 10 heteroatoms. The van der Waals surface area contributed by atoms with Crippen LogP contribution < -0.4 is 9.46 Å². The Hall–Kier alpha value is -2.85. The molecule has 3 rings (SSSR count). The van der Waals surface area contributed by atoms with Gasteiger partial charge in [0.05, 0.1) is 24.2 Å². The molecule has 0 aliphatic heterocycles. The van der Waals surface area contributed by atoms with Crippen LogP contribution in [0.15, 0.2) is 53.4 Å². The summed E-state index contributed by atoms with van der Waals surface area (Å²) in [5.41, 5.74) is 0.654. The SMILES string of the molecule is COc1ccc(-n2nnnc2CNS(=O)(=O)c2ccc(F)cc2)cc1. The lowest BCUT2D eigenvalue weighted by Gasteiger charge is -2.08. The quantitative estimate of drug-likeness (QED) is 0.708. The summed E-state index contributed by atoms with van der Waals surface area (Å²) < 4.78 is 46.3. The first-order valence-corrected chi connectivity index (χ1v) is 8.65. The van der Waals surface area contributed by atoms with Crippen molar-refractivity contribution in [2.24, 2.45) is 0 Å². The number of sulfonamides is 1. The Bertz CT molecular complexity index is 956. The Labute approximate surface area is 143 Å². The van der Waals surface area contributed by atoms with Gasteiger partial charge in [0.15, 0.2) is 5.82 Å². The van der Waals surface area contributed by atoms with E-state index < -0.39 is 15.8 Å². The number of nitrogens with one attached hydrogen (secondary N) is 1. The van der Waals surface area contributed by atoms with Crippen LogP contribution in [0.1, 0.15) is 5.82 Å². The number of methoxy groups -OCH3 is 1. The van der Waals surface area contributed by atoms with E-state index >= 15 is 0 Å². The molecule has 0 bridgehead atoms. The first kappa shape index (κ1) is 17.0. The van der Waals surface area contributed by atoms with Gasteiger partial charge in [-0.1, -0.05) is 0 Å². The number of halogens is 1. The number of hydrogen-bond donors (Lipinski definition) is 1. The van der Waals surface area contributed by atoms with E-state index in [4.69, 9.17) is 4.74 Å². The van der Waals surface area contributed by atoms with Gasteiger partial charge in [-0.3, -0.25) is 0 Å². The van der Waals surface area contributed by atoms with Gasteiger partial charge in [-0.15, -0.1) is 5.10 Å². The van der Waals surface area contributed by atoms with Crippen molar-refractivity contribution in [3.8, 4) is 11.4 Å². The minimum Gasteiger partial charge on any atom is -0.497 e. The van der Waals surface area contributed by atoms with Crippen LogP contribution in [0.5, 0.6) is 5.75 Å². The zero-order chi connectivity index (χ0) is 17.9. The molecule has 1 aromatic heterocycles. The van der Waals surface area contributed by atoms with E-state index in [1.807, 2.05) is 0 Å². The Kier molecular flexibility index (Phi) is 4.72. The Morgan fingerprint density at radius 2 is 1.80 bits per heavy atom. The average Bonchev–Trinajstić information content (AvgIpc) is 3.09. The van der Waals surface area contributed by atoms with Gasteiger partial charge in [-0.05, 0) is 59.0 Å². The van der Waals surface area contributed by atoms with Crippen LogP contribution in [-0.2, 0) is 16.6 Å². The molecule has 130 valence electrons. The van der Waals surface area contributed by atoms with Crippen molar-refractivity contribution < 1.29 is 17.5 Å². The molecule has 0 fully saturated rings. The molecule has 0 amide bonds. The number of benzene rings is 2. The monoisotopic (exact) mass is 363 g/mol. The molecule has 2 aromatic carbocycles. The van der Waals surface area contributed by atoms with Gasteiger partial charge in [0, 0.05) is 0 Å². The van der Waals surface area contributed by atoms with E-state index in [1.54, 1.807) is 31.4 Å². The first-order valence-electron chi connectivity index (χ1n) is 7.16. The standard InChI is InChI=1S/C15H14FN5O3S/c1-24-13-6-4-12(5-7-13)21-15(18-19-20-21)10-17-25(22,23)14-8-2-11(16)3-9-14/h2-9,17H,10H2,1H3. The molecular weight excluding hydrogens is 349 g/mol. The molecule has 0 aliphatic rings. The summed E-state index contributed by atoms with van der Waals surface area (Å²) in [7, 11) is -2.25. The van der Waals surface area contributed by atoms with Crippen LogP contribution >= 0.6 is 0 Å². The maximum atomic E-state index is 12.9. The third-order valence-corrected chi connectivity index (χ3v) is 4.81. The fourth-order valence-electron chi connectivity index (χ4n) is 2.10.